The molecule has 0 spiro atoms. The number of aromatic nitrogens is 2. The molecule has 0 saturated carbocycles. The summed E-state index contributed by atoms with van der Waals surface area (Å²) in [7, 11) is 0. The molecule has 0 unspecified atom stereocenters. The Labute approximate surface area is 153 Å². The predicted octanol–water partition coefficient (Wildman–Crippen LogP) is 4.84. The maximum Gasteiger partial charge on any atom is 0.323 e. The smallest absolute Gasteiger partial charge is 0.323 e. The van der Waals surface area contributed by atoms with Crippen LogP contribution >= 0.6 is 0 Å². The number of carbonyl (C=O) groups excluding carboxylic acids is 1. The van der Waals surface area contributed by atoms with Crippen molar-refractivity contribution in [3.63, 3.8) is 0 Å². The molecule has 0 radical (unpaired) electrons. The number of aryl methyl sites for hydroxylation is 3. The number of carbonyl (C=O) groups is 1. The van der Waals surface area contributed by atoms with Crippen LogP contribution in [-0.4, -0.2) is 15.6 Å². The Morgan fingerprint density at radius 2 is 1.85 bits per heavy atom. The number of para-hydroxylation sites is 1. The van der Waals surface area contributed by atoms with Crippen molar-refractivity contribution in [2.45, 2.75) is 32.7 Å². The van der Waals surface area contributed by atoms with E-state index in [0.29, 0.717) is 0 Å². The average Bonchev–Trinajstić information content (AvgIpc) is 3.08. The van der Waals surface area contributed by atoms with Gasteiger partial charge in [0.2, 0.25) is 0 Å². The summed E-state index contributed by atoms with van der Waals surface area (Å²) in [5, 5.41) is 5.82. The minimum atomic E-state index is -0.259. The van der Waals surface area contributed by atoms with Crippen molar-refractivity contribution in [3.05, 3.63) is 66.1 Å². The quantitative estimate of drug-likeness (QED) is 0.713. The topological polar surface area (TPSA) is 59.0 Å². The fourth-order valence-electron chi connectivity index (χ4n) is 3.28. The highest BCUT2D eigenvalue weighted by atomic mass is 16.2. The fourth-order valence-corrected chi connectivity index (χ4v) is 3.28. The minimum absolute atomic E-state index is 0.259. The van der Waals surface area contributed by atoms with E-state index in [1.807, 2.05) is 55.5 Å². The third-order valence-electron chi connectivity index (χ3n) is 4.67. The zero-order valence-electron chi connectivity index (χ0n) is 14.8. The van der Waals surface area contributed by atoms with Crippen LogP contribution in [0.3, 0.4) is 0 Å². The van der Waals surface area contributed by atoms with Crippen molar-refractivity contribution in [3.8, 4) is 11.3 Å². The van der Waals surface area contributed by atoms with Gasteiger partial charge in [0, 0.05) is 30.4 Å². The predicted molar refractivity (Wildman–Crippen MR) is 104 cm³/mol. The summed E-state index contributed by atoms with van der Waals surface area (Å²) in [6, 6.07) is 15.3. The third-order valence-corrected chi connectivity index (χ3v) is 4.67. The number of amides is 2. The molecule has 2 N–H and O–H groups in total. The van der Waals surface area contributed by atoms with Gasteiger partial charge in [0.1, 0.15) is 5.82 Å². The van der Waals surface area contributed by atoms with E-state index < -0.39 is 0 Å². The number of imidazole rings is 1. The number of hydrogen-bond donors (Lipinski definition) is 2. The summed E-state index contributed by atoms with van der Waals surface area (Å²) in [6.45, 7) is 3.04. The van der Waals surface area contributed by atoms with Gasteiger partial charge in [0.15, 0.2) is 0 Å². The maximum atomic E-state index is 12.4. The molecular weight excluding hydrogens is 324 g/mol. The molecule has 0 bridgehead atoms. The van der Waals surface area contributed by atoms with Crippen LogP contribution in [0.1, 0.15) is 24.2 Å². The first-order chi connectivity index (χ1) is 12.7. The van der Waals surface area contributed by atoms with Crippen molar-refractivity contribution in [1.29, 1.82) is 0 Å². The minimum Gasteiger partial charge on any atom is -0.334 e. The van der Waals surface area contributed by atoms with Gasteiger partial charge in [-0.05, 0) is 38.0 Å². The normalized spacial score (nSPS) is 13.1. The van der Waals surface area contributed by atoms with E-state index in [1.165, 1.54) is 12.8 Å². The van der Waals surface area contributed by atoms with Crippen LogP contribution in [-0.2, 0) is 13.0 Å². The van der Waals surface area contributed by atoms with Gasteiger partial charge in [-0.2, -0.15) is 0 Å². The zero-order valence-corrected chi connectivity index (χ0v) is 14.8. The highest BCUT2D eigenvalue weighted by molar-refractivity contribution is 6.02. The van der Waals surface area contributed by atoms with E-state index in [4.69, 9.17) is 4.98 Å². The highest BCUT2D eigenvalue weighted by Gasteiger charge is 2.16. The Hall–Kier alpha value is -3.08. The average molecular weight is 346 g/mol. The molecular formula is C21H22N4O. The maximum absolute atomic E-state index is 12.4. The first kappa shape index (κ1) is 16.4. The van der Waals surface area contributed by atoms with E-state index >= 15 is 0 Å². The zero-order chi connectivity index (χ0) is 17.9. The van der Waals surface area contributed by atoms with Gasteiger partial charge >= 0.3 is 6.03 Å². The van der Waals surface area contributed by atoms with Gasteiger partial charge in [0.05, 0.1) is 11.4 Å². The van der Waals surface area contributed by atoms with Gasteiger partial charge in [0.25, 0.3) is 0 Å². The van der Waals surface area contributed by atoms with E-state index in [-0.39, 0.29) is 6.03 Å². The number of fused-ring (bicyclic) bond motifs is 1. The summed E-state index contributed by atoms with van der Waals surface area (Å²) in [5.41, 5.74) is 4.53. The van der Waals surface area contributed by atoms with Crippen molar-refractivity contribution in [1.82, 2.24) is 9.55 Å². The number of rotatable bonds is 3. The van der Waals surface area contributed by atoms with Crippen LogP contribution in [0.5, 0.6) is 0 Å². The lowest BCUT2D eigenvalue weighted by Gasteiger charge is -2.11. The van der Waals surface area contributed by atoms with Crippen molar-refractivity contribution in [2.24, 2.45) is 0 Å². The SMILES string of the molecule is Cc1ccc(NC(=O)Nc2ccccc2-c2cn3c(n2)CCCC3)cc1. The lowest BCUT2D eigenvalue weighted by molar-refractivity contribution is 0.262. The molecule has 2 aromatic carbocycles. The molecule has 4 rings (SSSR count). The third kappa shape index (κ3) is 3.47. The molecule has 1 aliphatic rings. The summed E-state index contributed by atoms with van der Waals surface area (Å²) in [4.78, 5) is 17.2. The number of benzene rings is 2. The summed E-state index contributed by atoms with van der Waals surface area (Å²) in [6.07, 6.45) is 5.49. The van der Waals surface area contributed by atoms with Crippen LogP contribution in [0, 0.1) is 6.92 Å². The molecule has 26 heavy (non-hydrogen) atoms. The summed E-state index contributed by atoms with van der Waals surface area (Å²) in [5.74, 6) is 1.13. The Morgan fingerprint density at radius 1 is 1.04 bits per heavy atom. The van der Waals surface area contributed by atoms with Crippen molar-refractivity contribution < 1.29 is 4.79 Å². The monoisotopic (exact) mass is 346 g/mol. The molecule has 5 nitrogen and oxygen atoms in total. The molecule has 1 aromatic heterocycles. The number of urea groups is 1. The molecule has 5 heteroatoms. The largest absolute Gasteiger partial charge is 0.334 e. The number of nitrogens with zero attached hydrogens (tertiary/aromatic N) is 2. The summed E-state index contributed by atoms with van der Waals surface area (Å²) >= 11 is 0. The highest BCUT2D eigenvalue weighted by Crippen LogP contribution is 2.29. The Kier molecular flexibility index (Phi) is 4.44. The first-order valence-electron chi connectivity index (χ1n) is 8.99. The van der Waals surface area contributed by atoms with Crippen molar-refractivity contribution >= 4 is 17.4 Å². The van der Waals surface area contributed by atoms with Gasteiger partial charge < -0.3 is 15.2 Å². The molecule has 0 aliphatic carbocycles. The first-order valence-corrected chi connectivity index (χ1v) is 8.99. The van der Waals surface area contributed by atoms with Gasteiger partial charge in [-0.25, -0.2) is 9.78 Å². The molecule has 0 fully saturated rings. The number of nitrogens with one attached hydrogen (secondary N) is 2. The molecule has 2 heterocycles. The van der Waals surface area contributed by atoms with Crippen LogP contribution in [0.4, 0.5) is 16.2 Å². The lowest BCUT2D eigenvalue weighted by Crippen LogP contribution is -2.19. The van der Waals surface area contributed by atoms with Gasteiger partial charge in [-0.3, -0.25) is 0 Å². The molecule has 1 aliphatic heterocycles. The Balaban J connectivity index is 1.55. The Morgan fingerprint density at radius 3 is 2.65 bits per heavy atom. The number of hydrogen-bond acceptors (Lipinski definition) is 2. The second kappa shape index (κ2) is 7.04. The Bertz CT molecular complexity index is 904. The second-order valence-corrected chi connectivity index (χ2v) is 6.68. The van der Waals surface area contributed by atoms with Gasteiger partial charge in [-0.15, -0.1) is 0 Å². The molecule has 2 amide bonds. The standard InChI is InChI=1S/C21H22N4O/c1-15-9-11-16(12-10-15)22-21(26)24-18-7-3-2-6-17(18)19-14-25-13-5-4-8-20(25)23-19/h2-3,6-7,9-12,14H,4-5,8,13H2,1H3,(H2,22,24,26). The van der Waals surface area contributed by atoms with Crippen LogP contribution in [0.2, 0.25) is 0 Å². The lowest BCUT2D eigenvalue weighted by atomic mass is 10.1. The molecule has 132 valence electrons. The van der Waals surface area contributed by atoms with E-state index in [2.05, 4.69) is 21.4 Å². The van der Waals surface area contributed by atoms with E-state index in [0.717, 1.165) is 47.0 Å². The van der Waals surface area contributed by atoms with E-state index in [9.17, 15) is 4.79 Å². The van der Waals surface area contributed by atoms with Crippen LogP contribution in [0.15, 0.2) is 54.7 Å². The molecule has 0 atom stereocenters. The fraction of sp³-hybridized carbons (Fsp3) is 0.238. The number of anilines is 2. The van der Waals surface area contributed by atoms with Crippen molar-refractivity contribution in [2.75, 3.05) is 10.6 Å². The summed E-state index contributed by atoms with van der Waals surface area (Å²) < 4.78 is 2.22. The van der Waals surface area contributed by atoms with Gasteiger partial charge in [-0.1, -0.05) is 35.9 Å². The second-order valence-electron chi connectivity index (χ2n) is 6.68. The molecule has 0 saturated heterocycles. The molecule has 3 aromatic rings. The van der Waals surface area contributed by atoms with Crippen LogP contribution < -0.4 is 10.6 Å². The van der Waals surface area contributed by atoms with Crippen LogP contribution in [0.25, 0.3) is 11.3 Å². The van der Waals surface area contributed by atoms with E-state index in [1.54, 1.807) is 0 Å².